The van der Waals surface area contributed by atoms with Gasteiger partial charge < -0.3 is 11.1 Å². The zero-order valence-electron chi connectivity index (χ0n) is 11.1. The van der Waals surface area contributed by atoms with Crippen LogP contribution in [-0.2, 0) is 11.3 Å². The minimum Gasteiger partial charge on any atom is -0.350 e. The number of nitrogens with zero attached hydrogens (tertiary/aromatic N) is 1. The zero-order chi connectivity index (χ0) is 13.2. The lowest BCUT2D eigenvalue weighted by molar-refractivity contribution is -0.122. The third kappa shape index (κ3) is 3.34. The van der Waals surface area contributed by atoms with Crippen molar-refractivity contribution >= 4 is 17.2 Å². The van der Waals surface area contributed by atoms with Crippen LogP contribution in [0.2, 0.25) is 0 Å². The van der Waals surface area contributed by atoms with Crippen LogP contribution in [0.5, 0.6) is 0 Å². The van der Waals surface area contributed by atoms with Crippen LogP contribution in [0.25, 0.3) is 0 Å². The van der Waals surface area contributed by atoms with E-state index >= 15 is 0 Å². The fraction of sp³-hybridized carbons (Fsp3) is 0.714. The van der Waals surface area contributed by atoms with Gasteiger partial charge in [0.15, 0.2) is 0 Å². The monoisotopic (exact) mass is 279 g/mol. The molecule has 0 unspecified atom stereocenters. The number of thiazole rings is 1. The lowest BCUT2D eigenvalue weighted by Gasteiger charge is -2.14. The highest BCUT2D eigenvalue weighted by Gasteiger charge is 2.27. The molecule has 2 saturated carbocycles. The first kappa shape index (κ1) is 13.1. The van der Waals surface area contributed by atoms with E-state index in [0.29, 0.717) is 24.8 Å². The van der Waals surface area contributed by atoms with Gasteiger partial charge in [0.1, 0.15) is 5.01 Å². The summed E-state index contributed by atoms with van der Waals surface area (Å²) in [5, 5.41) is 6.12. The molecule has 0 saturated heterocycles. The average molecular weight is 279 g/mol. The summed E-state index contributed by atoms with van der Waals surface area (Å²) < 4.78 is 0. The lowest BCUT2D eigenvalue weighted by atomic mass is 10.00. The van der Waals surface area contributed by atoms with Crippen molar-refractivity contribution in [3.8, 4) is 0 Å². The molecular weight excluding hydrogens is 258 g/mol. The summed E-state index contributed by atoms with van der Waals surface area (Å²) in [5.41, 5.74) is 7.20. The third-order valence-electron chi connectivity index (χ3n) is 4.17. The standard InChI is InChI=1S/C14H21N3OS/c15-11-3-1-2-10(11)6-13(18)16-7-14-17-12(8-19-14)9-4-5-9/h8-11H,1-7,15H2,(H,16,18)/t10-,11+/m0/s1. The van der Waals surface area contributed by atoms with E-state index in [4.69, 9.17) is 5.73 Å². The van der Waals surface area contributed by atoms with E-state index in [1.165, 1.54) is 18.5 Å². The second-order valence-corrected chi connectivity index (χ2v) is 6.72. The van der Waals surface area contributed by atoms with Crippen LogP contribution < -0.4 is 11.1 Å². The summed E-state index contributed by atoms with van der Waals surface area (Å²) in [6.45, 7) is 0.568. The predicted octanol–water partition coefficient (Wildman–Crippen LogP) is 2.15. The number of carbonyl (C=O) groups is 1. The Hall–Kier alpha value is -0.940. The highest BCUT2D eigenvalue weighted by Crippen LogP contribution is 2.40. The molecule has 0 aliphatic heterocycles. The number of nitrogens with one attached hydrogen (secondary N) is 1. The molecule has 0 aromatic carbocycles. The molecule has 104 valence electrons. The molecule has 2 atom stereocenters. The van der Waals surface area contributed by atoms with Crippen molar-refractivity contribution in [3.05, 3.63) is 16.1 Å². The normalized spacial score (nSPS) is 26.6. The van der Waals surface area contributed by atoms with Gasteiger partial charge in [-0.15, -0.1) is 11.3 Å². The number of hydrogen-bond donors (Lipinski definition) is 2. The molecule has 2 fully saturated rings. The number of hydrogen-bond acceptors (Lipinski definition) is 4. The topological polar surface area (TPSA) is 68.0 Å². The summed E-state index contributed by atoms with van der Waals surface area (Å²) >= 11 is 1.65. The Kier molecular flexibility index (Phi) is 3.84. The molecule has 0 bridgehead atoms. The van der Waals surface area contributed by atoms with Crippen LogP contribution in [-0.4, -0.2) is 16.9 Å². The van der Waals surface area contributed by atoms with Crippen LogP contribution in [0.15, 0.2) is 5.38 Å². The van der Waals surface area contributed by atoms with Crippen LogP contribution >= 0.6 is 11.3 Å². The van der Waals surface area contributed by atoms with Crippen molar-refractivity contribution in [1.29, 1.82) is 0 Å². The SMILES string of the molecule is N[C@@H]1CCC[C@H]1CC(=O)NCc1nc(C2CC2)cs1. The lowest BCUT2D eigenvalue weighted by Crippen LogP contribution is -2.31. The van der Waals surface area contributed by atoms with E-state index in [9.17, 15) is 4.79 Å². The molecular formula is C14H21N3OS. The second kappa shape index (κ2) is 5.59. The minimum atomic E-state index is 0.116. The molecule has 1 heterocycles. The molecule has 1 amide bonds. The molecule has 5 heteroatoms. The van der Waals surface area contributed by atoms with Gasteiger partial charge in [-0.25, -0.2) is 4.98 Å². The molecule has 19 heavy (non-hydrogen) atoms. The first-order valence-corrected chi connectivity index (χ1v) is 8.07. The van der Waals surface area contributed by atoms with Crippen molar-refractivity contribution in [1.82, 2.24) is 10.3 Å². The Morgan fingerprint density at radius 1 is 1.42 bits per heavy atom. The average Bonchev–Trinajstić information content (AvgIpc) is 3.01. The van der Waals surface area contributed by atoms with E-state index in [-0.39, 0.29) is 11.9 Å². The molecule has 0 radical (unpaired) electrons. The van der Waals surface area contributed by atoms with Gasteiger partial charge in [0.2, 0.25) is 5.91 Å². The second-order valence-electron chi connectivity index (χ2n) is 5.78. The fourth-order valence-corrected chi connectivity index (χ4v) is 3.59. The Morgan fingerprint density at radius 2 is 2.26 bits per heavy atom. The first-order valence-electron chi connectivity index (χ1n) is 7.19. The summed E-state index contributed by atoms with van der Waals surface area (Å²) in [7, 11) is 0. The highest BCUT2D eigenvalue weighted by atomic mass is 32.1. The van der Waals surface area contributed by atoms with E-state index in [0.717, 1.165) is 24.3 Å². The molecule has 2 aliphatic rings. The fourth-order valence-electron chi connectivity index (χ4n) is 2.78. The first-order chi connectivity index (χ1) is 9.22. The molecule has 2 aliphatic carbocycles. The van der Waals surface area contributed by atoms with Crippen molar-refractivity contribution in [3.63, 3.8) is 0 Å². The van der Waals surface area contributed by atoms with E-state index in [1.807, 2.05) is 0 Å². The van der Waals surface area contributed by atoms with E-state index < -0.39 is 0 Å². The number of aromatic nitrogens is 1. The Balaban J connectivity index is 1.44. The largest absolute Gasteiger partial charge is 0.350 e. The Labute approximate surface area is 117 Å². The quantitative estimate of drug-likeness (QED) is 0.868. The molecule has 0 spiro atoms. The van der Waals surface area contributed by atoms with Crippen molar-refractivity contribution < 1.29 is 4.79 Å². The van der Waals surface area contributed by atoms with Gasteiger partial charge >= 0.3 is 0 Å². The van der Waals surface area contributed by atoms with Gasteiger partial charge in [0, 0.05) is 23.8 Å². The maximum absolute atomic E-state index is 11.9. The number of rotatable bonds is 5. The van der Waals surface area contributed by atoms with Crippen molar-refractivity contribution in [2.45, 2.75) is 57.0 Å². The zero-order valence-corrected chi connectivity index (χ0v) is 11.9. The number of nitrogens with two attached hydrogens (primary N) is 1. The van der Waals surface area contributed by atoms with Gasteiger partial charge in [0.25, 0.3) is 0 Å². The summed E-state index contributed by atoms with van der Waals surface area (Å²) in [5.74, 6) is 1.18. The molecule has 3 rings (SSSR count). The van der Waals surface area contributed by atoms with Crippen LogP contribution in [0.3, 0.4) is 0 Å². The summed E-state index contributed by atoms with van der Waals surface area (Å²) in [4.78, 5) is 16.5. The van der Waals surface area contributed by atoms with Gasteiger partial charge in [0.05, 0.1) is 12.2 Å². The van der Waals surface area contributed by atoms with Crippen LogP contribution in [0.4, 0.5) is 0 Å². The van der Waals surface area contributed by atoms with Crippen LogP contribution in [0.1, 0.15) is 55.1 Å². The highest BCUT2D eigenvalue weighted by molar-refractivity contribution is 7.09. The minimum absolute atomic E-state index is 0.116. The molecule has 1 aromatic rings. The number of carbonyl (C=O) groups excluding carboxylic acids is 1. The number of amides is 1. The molecule has 4 nitrogen and oxygen atoms in total. The predicted molar refractivity (Wildman–Crippen MR) is 75.9 cm³/mol. The van der Waals surface area contributed by atoms with Gasteiger partial charge in [-0.05, 0) is 31.6 Å². The molecule has 1 aromatic heterocycles. The van der Waals surface area contributed by atoms with E-state index in [2.05, 4.69) is 15.7 Å². The third-order valence-corrected chi connectivity index (χ3v) is 5.03. The van der Waals surface area contributed by atoms with Crippen molar-refractivity contribution in [2.24, 2.45) is 11.7 Å². The van der Waals surface area contributed by atoms with Crippen LogP contribution in [0, 0.1) is 5.92 Å². The van der Waals surface area contributed by atoms with E-state index in [1.54, 1.807) is 11.3 Å². The maximum atomic E-state index is 11.9. The van der Waals surface area contributed by atoms with Gasteiger partial charge in [-0.3, -0.25) is 4.79 Å². The van der Waals surface area contributed by atoms with Gasteiger partial charge in [-0.2, -0.15) is 0 Å². The maximum Gasteiger partial charge on any atom is 0.220 e. The smallest absolute Gasteiger partial charge is 0.220 e. The van der Waals surface area contributed by atoms with Crippen molar-refractivity contribution in [2.75, 3.05) is 0 Å². The summed E-state index contributed by atoms with van der Waals surface area (Å²) in [6, 6.07) is 0.215. The Bertz CT molecular complexity index is 455. The summed E-state index contributed by atoms with van der Waals surface area (Å²) in [6.07, 6.45) is 6.44. The van der Waals surface area contributed by atoms with Gasteiger partial charge in [-0.1, -0.05) is 6.42 Å². The molecule has 3 N–H and O–H groups in total. The Morgan fingerprint density at radius 3 is 2.95 bits per heavy atom.